The van der Waals surface area contributed by atoms with E-state index in [1.54, 1.807) is 12.1 Å². The van der Waals surface area contributed by atoms with Crippen LogP contribution >= 0.6 is 0 Å². The molecule has 0 radical (unpaired) electrons. The van der Waals surface area contributed by atoms with Crippen molar-refractivity contribution >= 4 is 5.91 Å². The topological polar surface area (TPSA) is 86.1 Å². The molecule has 1 aromatic carbocycles. The smallest absolute Gasteiger partial charge is 0.252 e. The van der Waals surface area contributed by atoms with E-state index in [1.165, 1.54) is 12.1 Å². The number of para-hydroxylation sites is 1. The molecule has 0 aliphatic carbocycles. The first-order valence-corrected chi connectivity index (χ1v) is 3.13. The van der Waals surface area contributed by atoms with Crippen molar-refractivity contribution in [3.8, 4) is 5.75 Å². The summed E-state index contributed by atoms with van der Waals surface area (Å²) in [5.41, 5.74) is 7.95. The van der Waals surface area contributed by atoms with Crippen molar-refractivity contribution in [2.45, 2.75) is 0 Å². The lowest BCUT2D eigenvalue weighted by atomic mass is 10.2. The number of nitrogens with zero attached hydrogens (tertiary/aromatic N) is 3. The molecule has 0 unspecified atom stereocenters. The molecule has 12 heavy (non-hydrogen) atoms. The van der Waals surface area contributed by atoms with Crippen molar-refractivity contribution in [1.82, 2.24) is 0 Å². The van der Waals surface area contributed by atoms with Gasteiger partial charge in [0.2, 0.25) is 0 Å². The Labute approximate surface area is 67.9 Å². The molecule has 0 saturated carbocycles. The Morgan fingerprint density at radius 2 is 2.17 bits per heavy atom. The average Bonchev–Trinajstić information content (AvgIpc) is 2.05. The predicted molar refractivity (Wildman–Crippen MR) is 41.6 cm³/mol. The maximum atomic E-state index is 10.9. The normalized spacial score (nSPS) is 8.67. The summed E-state index contributed by atoms with van der Waals surface area (Å²) in [5.74, 6) is -0.967. The number of hydrogen-bond acceptors (Lipinski definition) is 2. The fourth-order valence-electron chi connectivity index (χ4n) is 0.749. The summed E-state index contributed by atoms with van der Waals surface area (Å²) in [7, 11) is 0. The molecule has 0 saturated heterocycles. The molecule has 0 spiro atoms. The zero-order valence-electron chi connectivity index (χ0n) is 6.01. The third-order valence-electron chi connectivity index (χ3n) is 1.27. The van der Waals surface area contributed by atoms with Gasteiger partial charge in [0.05, 0.1) is 5.56 Å². The number of amides is 1. The Morgan fingerprint density at radius 1 is 1.50 bits per heavy atom. The van der Waals surface area contributed by atoms with Gasteiger partial charge in [0.1, 0.15) is 5.75 Å². The first-order valence-electron chi connectivity index (χ1n) is 3.13. The molecule has 0 bridgehead atoms. The first-order chi connectivity index (χ1) is 5.75. The van der Waals surface area contributed by atoms with E-state index in [1.807, 2.05) is 0 Å². The zero-order valence-corrected chi connectivity index (χ0v) is 6.01. The van der Waals surface area contributed by atoms with Crippen LogP contribution in [0.15, 0.2) is 29.4 Å². The van der Waals surface area contributed by atoms with E-state index in [0.29, 0.717) is 0 Å². The van der Waals surface area contributed by atoms with Crippen molar-refractivity contribution in [3.05, 3.63) is 40.3 Å². The fraction of sp³-hybridized carbons (Fsp3) is 0. The van der Waals surface area contributed by atoms with Crippen LogP contribution in [0.3, 0.4) is 0 Å². The Morgan fingerprint density at radius 3 is 2.75 bits per heavy atom. The maximum Gasteiger partial charge on any atom is 0.252 e. The van der Waals surface area contributed by atoms with Gasteiger partial charge in [-0.2, -0.15) is 0 Å². The Kier molecular flexibility index (Phi) is 2.30. The number of hydrogen-bond donors (Lipinski definition) is 1. The van der Waals surface area contributed by atoms with Gasteiger partial charge in [-0.05, 0) is 22.8 Å². The molecule has 1 amide bonds. The van der Waals surface area contributed by atoms with Crippen molar-refractivity contribution in [2.24, 2.45) is 5.11 Å². The van der Waals surface area contributed by atoms with Crippen LogP contribution in [-0.2, 0) is 0 Å². The molecule has 5 nitrogen and oxygen atoms in total. The summed E-state index contributed by atoms with van der Waals surface area (Å²) in [5, 5.41) is 11.9. The van der Waals surface area contributed by atoms with Gasteiger partial charge < -0.3 is 5.11 Å². The molecular formula is C7H5N3O2. The Balaban J connectivity index is 3.11. The second-order valence-corrected chi connectivity index (χ2v) is 2.01. The molecule has 0 aliphatic heterocycles. The minimum Gasteiger partial charge on any atom is -0.507 e. The summed E-state index contributed by atoms with van der Waals surface area (Å²) in [6.45, 7) is 0. The van der Waals surface area contributed by atoms with Gasteiger partial charge in [-0.15, -0.1) is 0 Å². The molecule has 0 atom stereocenters. The van der Waals surface area contributed by atoms with Crippen LogP contribution in [0.5, 0.6) is 5.75 Å². The maximum absolute atomic E-state index is 10.9. The van der Waals surface area contributed by atoms with E-state index < -0.39 is 5.91 Å². The van der Waals surface area contributed by atoms with Gasteiger partial charge in [0.25, 0.3) is 5.91 Å². The van der Waals surface area contributed by atoms with Gasteiger partial charge in [-0.1, -0.05) is 12.1 Å². The van der Waals surface area contributed by atoms with Crippen LogP contribution < -0.4 is 0 Å². The molecule has 5 heteroatoms. The van der Waals surface area contributed by atoms with Crippen molar-refractivity contribution < 1.29 is 9.90 Å². The molecular weight excluding hydrogens is 158 g/mol. The summed E-state index contributed by atoms with van der Waals surface area (Å²) >= 11 is 0. The third-order valence-corrected chi connectivity index (χ3v) is 1.27. The van der Waals surface area contributed by atoms with Gasteiger partial charge in [-0.3, -0.25) is 4.79 Å². The van der Waals surface area contributed by atoms with E-state index in [9.17, 15) is 4.79 Å². The van der Waals surface area contributed by atoms with Crippen molar-refractivity contribution in [1.29, 1.82) is 0 Å². The fourth-order valence-corrected chi connectivity index (χ4v) is 0.749. The van der Waals surface area contributed by atoms with Gasteiger partial charge in [-0.25, -0.2) is 0 Å². The first kappa shape index (κ1) is 8.10. The molecule has 0 aromatic heterocycles. The summed E-state index contributed by atoms with van der Waals surface area (Å²) in [6, 6.07) is 5.87. The number of azide groups is 1. The second-order valence-electron chi connectivity index (χ2n) is 2.01. The van der Waals surface area contributed by atoms with Crippen LogP contribution in [0.1, 0.15) is 10.4 Å². The molecule has 1 N–H and O–H groups in total. The number of carbonyl (C=O) groups is 1. The number of phenolic OH excluding ortho intramolecular Hbond substituents is 1. The lowest BCUT2D eigenvalue weighted by molar-refractivity contribution is 0.0998. The number of benzene rings is 1. The monoisotopic (exact) mass is 163 g/mol. The highest BCUT2D eigenvalue weighted by Gasteiger charge is 2.06. The number of aromatic hydroxyl groups is 1. The number of phenols is 1. The molecule has 1 rings (SSSR count). The Bertz CT molecular complexity index is 355. The minimum atomic E-state index is -0.782. The lowest BCUT2D eigenvalue weighted by Crippen LogP contribution is -1.92. The molecule has 0 fully saturated rings. The standard InChI is InChI=1S/C7H5N3O2/c8-10-9-7(12)5-3-1-2-4-6(5)11/h1-4,11H. The third kappa shape index (κ3) is 1.53. The van der Waals surface area contributed by atoms with Crippen molar-refractivity contribution in [3.63, 3.8) is 0 Å². The van der Waals surface area contributed by atoms with E-state index in [2.05, 4.69) is 10.0 Å². The SMILES string of the molecule is [N-]=[N+]=NC(=O)c1ccccc1O. The molecule has 1 aromatic rings. The highest BCUT2D eigenvalue weighted by molar-refractivity contribution is 5.97. The summed E-state index contributed by atoms with van der Waals surface area (Å²) in [4.78, 5) is 13.2. The van der Waals surface area contributed by atoms with Crippen LogP contribution in [0, 0.1) is 0 Å². The largest absolute Gasteiger partial charge is 0.507 e. The summed E-state index contributed by atoms with van der Waals surface area (Å²) < 4.78 is 0. The number of carbonyl (C=O) groups excluding carboxylic acids is 1. The van der Waals surface area contributed by atoms with Gasteiger partial charge in [0.15, 0.2) is 0 Å². The van der Waals surface area contributed by atoms with E-state index in [0.717, 1.165) is 0 Å². The molecule has 0 heterocycles. The lowest BCUT2D eigenvalue weighted by Gasteiger charge is -1.96. The van der Waals surface area contributed by atoms with E-state index in [-0.39, 0.29) is 11.3 Å². The van der Waals surface area contributed by atoms with E-state index >= 15 is 0 Å². The van der Waals surface area contributed by atoms with Crippen LogP contribution in [0.4, 0.5) is 0 Å². The van der Waals surface area contributed by atoms with Crippen molar-refractivity contribution in [2.75, 3.05) is 0 Å². The van der Waals surface area contributed by atoms with Crippen LogP contribution in [0.25, 0.3) is 10.4 Å². The van der Waals surface area contributed by atoms with Crippen LogP contribution in [0.2, 0.25) is 0 Å². The minimum absolute atomic E-state index is 0.00954. The predicted octanol–water partition coefficient (Wildman–Crippen LogP) is 1.84. The highest BCUT2D eigenvalue weighted by Crippen LogP contribution is 2.16. The molecule has 60 valence electrons. The summed E-state index contributed by atoms with van der Waals surface area (Å²) in [6.07, 6.45) is 0. The zero-order chi connectivity index (χ0) is 8.97. The quantitative estimate of drug-likeness (QED) is 0.389. The van der Waals surface area contributed by atoms with Gasteiger partial charge >= 0.3 is 0 Å². The highest BCUT2D eigenvalue weighted by atomic mass is 16.3. The van der Waals surface area contributed by atoms with E-state index in [4.69, 9.17) is 10.6 Å². The second kappa shape index (κ2) is 3.41. The van der Waals surface area contributed by atoms with Gasteiger partial charge in [0, 0.05) is 4.91 Å². The Hall–Kier alpha value is -2.00. The van der Waals surface area contributed by atoms with Crippen LogP contribution in [-0.4, -0.2) is 11.0 Å². The number of rotatable bonds is 1. The average molecular weight is 163 g/mol. The molecule has 0 aliphatic rings.